The third kappa shape index (κ3) is 4.99. The van der Waals surface area contributed by atoms with Crippen molar-refractivity contribution in [1.29, 1.82) is 0 Å². The predicted molar refractivity (Wildman–Crippen MR) is 82.3 cm³/mol. The number of hydrogen-bond acceptors (Lipinski definition) is 4. The molecule has 6 heteroatoms. The molecule has 1 aromatic heterocycles. The van der Waals surface area contributed by atoms with Crippen molar-refractivity contribution in [1.82, 2.24) is 9.88 Å². The Kier molecular flexibility index (Phi) is 5.52. The molecule has 0 fully saturated rings. The highest BCUT2D eigenvalue weighted by Crippen LogP contribution is 2.19. The molecule has 1 heterocycles. The fourth-order valence-electron chi connectivity index (χ4n) is 1.91. The van der Waals surface area contributed by atoms with Gasteiger partial charge in [0.25, 0.3) is 0 Å². The Morgan fingerprint density at radius 1 is 1.24 bits per heavy atom. The standard InChI is InChI=1S/C15H20N2O3S/c1-2-3-11-21(18,19)16-10-9-14-12-15(20-17-14)13-7-5-4-6-8-13/h4-8,12,16H,2-3,9-11H2,1H3. The van der Waals surface area contributed by atoms with Gasteiger partial charge in [-0.1, -0.05) is 48.8 Å². The summed E-state index contributed by atoms with van der Waals surface area (Å²) in [5.74, 6) is 0.872. The molecule has 21 heavy (non-hydrogen) atoms. The second-order valence-electron chi connectivity index (χ2n) is 4.87. The Hall–Kier alpha value is -1.66. The Balaban J connectivity index is 1.86. The summed E-state index contributed by atoms with van der Waals surface area (Å²) in [7, 11) is -3.17. The molecule has 0 aliphatic rings. The smallest absolute Gasteiger partial charge is 0.211 e. The number of aromatic nitrogens is 1. The average Bonchev–Trinajstić information content (AvgIpc) is 2.95. The number of rotatable bonds is 8. The normalized spacial score (nSPS) is 11.7. The first kappa shape index (κ1) is 15.7. The second kappa shape index (κ2) is 7.38. The minimum atomic E-state index is -3.17. The highest BCUT2D eigenvalue weighted by atomic mass is 32.2. The third-order valence-electron chi connectivity index (χ3n) is 3.09. The number of hydrogen-bond donors (Lipinski definition) is 1. The molecule has 0 atom stereocenters. The number of nitrogens with zero attached hydrogens (tertiary/aromatic N) is 1. The maximum absolute atomic E-state index is 11.7. The first-order valence-corrected chi connectivity index (χ1v) is 8.74. The van der Waals surface area contributed by atoms with E-state index in [0.29, 0.717) is 25.1 Å². The zero-order valence-corrected chi connectivity index (χ0v) is 12.9. The molecule has 114 valence electrons. The summed E-state index contributed by atoms with van der Waals surface area (Å²) in [5.41, 5.74) is 1.70. The molecule has 2 aromatic rings. The summed E-state index contributed by atoms with van der Waals surface area (Å²) in [5, 5.41) is 3.96. The van der Waals surface area contributed by atoms with Crippen LogP contribution in [0.25, 0.3) is 11.3 Å². The van der Waals surface area contributed by atoms with Gasteiger partial charge in [0.1, 0.15) is 0 Å². The second-order valence-corrected chi connectivity index (χ2v) is 6.79. The lowest BCUT2D eigenvalue weighted by atomic mass is 10.1. The lowest BCUT2D eigenvalue weighted by molar-refractivity contribution is 0.423. The van der Waals surface area contributed by atoms with E-state index < -0.39 is 10.0 Å². The molecular weight excluding hydrogens is 288 g/mol. The lowest BCUT2D eigenvalue weighted by Gasteiger charge is -2.04. The van der Waals surface area contributed by atoms with Gasteiger partial charge in [-0.05, 0) is 6.42 Å². The van der Waals surface area contributed by atoms with Gasteiger partial charge >= 0.3 is 0 Å². The van der Waals surface area contributed by atoms with Crippen LogP contribution in [0.5, 0.6) is 0 Å². The lowest BCUT2D eigenvalue weighted by Crippen LogP contribution is -2.28. The van der Waals surface area contributed by atoms with Crippen LogP contribution in [-0.4, -0.2) is 25.9 Å². The summed E-state index contributed by atoms with van der Waals surface area (Å²) in [6.45, 7) is 2.31. The van der Waals surface area contributed by atoms with Gasteiger partial charge in [-0.2, -0.15) is 0 Å². The van der Waals surface area contributed by atoms with E-state index in [1.54, 1.807) is 0 Å². The van der Waals surface area contributed by atoms with Gasteiger partial charge in [-0.15, -0.1) is 0 Å². The van der Waals surface area contributed by atoms with Crippen LogP contribution in [0.4, 0.5) is 0 Å². The van der Waals surface area contributed by atoms with Gasteiger partial charge in [-0.3, -0.25) is 0 Å². The molecule has 0 radical (unpaired) electrons. The fourth-order valence-corrected chi connectivity index (χ4v) is 3.14. The largest absolute Gasteiger partial charge is 0.356 e. The van der Waals surface area contributed by atoms with E-state index in [9.17, 15) is 8.42 Å². The van der Waals surface area contributed by atoms with Gasteiger partial charge in [0.15, 0.2) is 5.76 Å². The topological polar surface area (TPSA) is 72.2 Å². The fraction of sp³-hybridized carbons (Fsp3) is 0.400. The van der Waals surface area contributed by atoms with E-state index in [-0.39, 0.29) is 5.75 Å². The molecule has 0 amide bonds. The monoisotopic (exact) mass is 308 g/mol. The maximum Gasteiger partial charge on any atom is 0.211 e. The number of benzene rings is 1. The molecule has 0 saturated heterocycles. The van der Waals surface area contributed by atoms with Crippen LogP contribution in [-0.2, 0) is 16.4 Å². The van der Waals surface area contributed by atoms with Crippen LogP contribution in [0, 0.1) is 0 Å². The summed E-state index contributed by atoms with van der Waals surface area (Å²) in [6.07, 6.45) is 2.06. The molecular formula is C15H20N2O3S. The van der Waals surface area contributed by atoms with Gasteiger partial charge in [0, 0.05) is 24.6 Å². The Morgan fingerprint density at radius 2 is 2.00 bits per heavy atom. The molecule has 0 bridgehead atoms. The highest BCUT2D eigenvalue weighted by molar-refractivity contribution is 7.89. The molecule has 0 spiro atoms. The SMILES string of the molecule is CCCCS(=O)(=O)NCCc1cc(-c2ccccc2)on1. The zero-order valence-electron chi connectivity index (χ0n) is 12.1. The first-order valence-electron chi connectivity index (χ1n) is 7.09. The van der Waals surface area contributed by atoms with E-state index in [0.717, 1.165) is 17.7 Å². The van der Waals surface area contributed by atoms with Crippen LogP contribution in [0.1, 0.15) is 25.5 Å². The first-order chi connectivity index (χ1) is 10.1. The molecule has 1 aromatic carbocycles. The molecule has 5 nitrogen and oxygen atoms in total. The molecule has 0 aliphatic heterocycles. The third-order valence-corrected chi connectivity index (χ3v) is 4.56. The minimum Gasteiger partial charge on any atom is -0.356 e. The van der Waals surface area contributed by atoms with Crippen LogP contribution in [0.3, 0.4) is 0 Å². The van der Waals surface area contributed by atoms with Crippen molar-refractivity contribution in [2.75, 3.05) is 12.3 Å². The molecule has 0 unspecified atom stereocenters. The van der Waals surface area contributed by atoms with E-state index in [2.05, 4.69) is 9.88 Å². The predicted octanol–water partition coefficient (Wildman–Crippen LogP) is 2.60. The number of unbranched alkanes of at least 4 members (excludes halogenated alkanes) is 1. The summed E-state index contributed by atoms with van der Waals surface area (Å²) in [4.78, 5) is 0. The minimum absolute atomic E-state index is 0.178. The van der Waals surface area contributed by atoms with E-state index in [1.807, 2.05) is 43.3 Å². The Bertz CT molecular complexity index is 651. The number of sulfonamides is 1. The average molecular weight is 308 g/mol. The van der Waals surface area contributed by atoms with Crippen LogP contribution in [0.2, 0.25) is 0 Å². The number of nitrogens with one attached hydrogen (secondary N) is 1. The van der Waals surface area contributed by atoms with Gasteiger partial charge in [0.2, 0.25) is 10.0 Å². The summed E-state index contributed by atoms with van der Waals surface area (Å²) >= 11 is 0. The van der Waals surface area contributed by atoms with Gasteiger partial charge in [0.05, 0.1) is 11.4 Å². The molecule has 2 rings (SSSR count). The maximum atomic E-state index is 11.7. The Morgan fingerprint density at radius 3 is 2.71 bits per heavy atom. The van der Waals surface area contributed by atoms with Crippen molar-refractivity contribution in [2.45, 2.75) is 26.2 Å². The van der Waals surface area contributed by atoms with E-state index >= 15 is 0 Å². The van der Waals surface area contributed by atoms with Crippen LogP contribution in [0.15, 0.2) is 40.9 Å². The van der Waals surface area contributed by atoms with Crippen molar-refractivity contribution in [3.63, 3.8) is 0 Å². The molecule has 0 aliphatic carbocycles. The van der Waals surface area contributed by atoms with E-state index in [4.69, 9.17) is 4.52 Å². The van der Waals surface area contributed by atoms with Crippen molar-refractivity contribution >= 4 is 10.0 Å². The van der Waals surface area contributed by atoms with Crippen LogP contribution >= 0.6 is 0 Å². The highest BCUT2D eigenvalue weighted by Gasteiger charge is 2.10. The van der Waals surface area contributed by atoms with Crippen molar-refractivity contribution in [3.05, 3.63) is 42.1 Å². The van der Waals surface area contributed by atoms with Gasteiger partial charge in [-0.25, -0.2) is 13.1 Å². The Labute approximate surface area is 125 Å². The van der Waals surface area contributed by atoms with Crippen LogP contribution < -0.4 is 4.72 Å². The van der Waals surface area contributed by atoms with Crippen molar-refractivity contribution in [3.8, 4) is 11.3 Å². The summed E-state index contributed by atoms with van der Waals surface area (Å²) < 4.78 is 31.2. The molecule has 1 N–H and O–H groups in total. The van der Waals surface area contributed by atoms with Gasteiger partial charge < -0.3 is 4.52 Å². The summed E-state index contributed by atoms with van der Waals surface area (Å²) in [6, 6.07) is 11.5. The van der Waals surface area contributed by atoms with Crippen molar-refractivity contribution < 1.29 is 12.9 Å². The van der Waals surface area contributed by atoms with Crippen molar-refractivity contribution in [2.24, 2.45) is 0 Å². The van der Waals surface area contributed by atoms with E-state index in [1.165, 1.54) is 0 Å². The quantitative estimate of drug-likeness (QED) is 0.813. The zero-order chi connectivity index (χ0) is 15.1. The molecule has 0 saturated carbocycles.